The SMILES string of the molecule is Cc1c(C(=O)NC(C)c2ccccn2)nnn1-c1ccc2c(c1)OCCO2. The van der Waals surface area contributed by atoms with Crippen LogP contribution in [-0.2, 0) is 0 Å². The largest absolute Gasteiger partial charge is 0.486 e. The first-order valence-electron chi connectivity index (χ1n) is 8.67. The molecule has 1 atom stereocenters. The minimum Gasteiger partial charge on any atom is -0.486 e. The van der Waals surface area contributed by atoms with Crippen molar-refractivity contribution in [3.63, 3.8) is 0 Å². The second-order valence-corrected chi connectivity index (χ2v) is 6.21. The quantitative estimate of drug-likeness (QED) is 0.762. The van der Waals surface area contributed by atoms with E-state index in [-0.39, 0.29) is 17.6 Å². The van der Waals surface area contributed by atoms with Gasteiger partial charge < -0.3 is 14.8 Å². The lowest BCUT2D eigenvalue weighted by atomic mass is 10.2. The van der Waals surface area contributed by atoms with Crippen molar-refractivity contribution >= 4 is 5.91 Å². The number of nitrogens with zero attached hydrogens (tertiary/aromatic N) is 4. The summed E-state index contributed by atoms with van der Waals surface area (Å²) in [5, 5.41) is 11.1. The number of carbonyl (C=O) groups excluding carboxylic acids is 1. The van der Waals surface area contributed by atoms with Crippen molar-refractivity contribution in [1.29, 1.82) is 0 Å². The summed E-state index contributed by atoms with van der Waals surface area (Å²) in [5.41, 5.74) is 2.44. The zero-order chi connectivity index (χ0) is 18.8. The molecule has 2 aromatic heterocycles. The Hall–Kier alpha value is -3.42. The standard InChI is InChI=1S/C19H19N5O3/c1-12(15-5-3-4-8-20-15)21-19(25)18-13(2)24(23-22-18)14-6-7-16-17(11-14)27-10-9-26-16/h3-8,11-12H,9-10H2,1-2H3,(H,21,25). The Morgan fingerprint density at radius 3 is 2.78 bits per heavy atom. The maximum Gasteiger partial charge on any atom is 0.274 e. The minimum absolute atomic E-state index is 0.238. The van der Waals surface area contributed by atoms with Crippen LogP contribution in [0.25, 0.3) is 5.69 Å². The van der Waals surface area contributed by atoms with E-state index < -0.39 is 0 Å². The molecule has 27 heavy (non-hydrogen) atoms. The van der Waals surface area contributed by atoms with E-state index in [1.54, 1.807) is 17.8 Å². The van der Waals surface area contributed by atoms with Gasteiger partial charge in [-0.05, 0) is 38.1 Å². The van der Waals surface area contributed by atoms with Crippen LogP contribution in [0.4, 0.5) is 0 Å². The Kier molecular flexibility index (Phi) is 4.45. The van der Waals surface area contributed by atoms with Gasteiger partial charge in [-0.1, -0.05) is 11.3 Å². The van der Waals surface area contributed by atoms with Crippen LogP contribution >= 0.6 is 0 Å². The van der Waals surface area contributed by atoms with Gasteiger partial charge >= 0.3 is 0 Å². The zero-order valence-corrected chi connectivity index (χ0v) is 15.0. The molecule has 4 rings (SSSR count). The molecule has 0 saturated heterocycles. The molecule has 0 aliphatic carbocycles. The molecule has 1 aliphatic heterocycles. The van der Waals surface area contributed by atoms with Crippen LogP contribution in [0.5, 0.6) is 11.5 Å². The first-order valence-corrected chi connectivity index (χ1v) is 8.67. The predicted molar refractivity (Wildman–Crippen MR) is 97.2 cm³/mol. The molecule has 0 saturated carbocycles. The fourth-order valence-corrected chi connectivity index (χ4v) is 2.92. The van der Waals surface area contributed by atoms with Crippen LogP contribution in [0.15, 0.2) is 42.6 Å². The van der Waals surface area contributed by atoms with Crippen molar-refractivity contribution in [2.24, 2.45) is 0 Å². The van der Waals surface area contributed by atoms with Crippen LogP contribution < -0.4 is 14.8 Å². The van der Waals surface area contributed by atoms with Crippen molar-refractivity contribution in [3.05, 3.63) is 59.7 Å². The lowest BCUT2D eigenvalue weighted by Crippen LogP contribution is -2.28. The number of ether oxygens (including phenoxy) is 2. The van der Waals surface area contributed by atoms with E-state index in [2.05, 4.69) is 20.6 Å². The van der Waals surface area contributed by atoms with Gasteiger partial charge in [0.1, 0.15) is 13.2 Å². The number of hydrogen-bond donors (Lipinski definition) is 1. The van der Waals surface area contributed by atoms with Crippen LogP contribution in [-0.4, -0.2) is 39.1 Å². The lowest BCUT2D eigenvalue weighted by Gasteiger charge is -2.18. The van der Waals surface area contributed by atoms with E-state index in [4.69, 9.17) is 9.47 Å². The fourth-order valence-electron chi connectivity index (χ4n) is 2.92. The van der Waals surface area contributed by atoms with Gasteiger partial charge in [-0.15, -0.1) is 5.10 Å². The molecule has 8 nitrogen and oxygen atoms in total. The third kappa shape index (κ3) is 3.33. The van der Waals surface area contributed by atoms with Crippen molar-refractivity contribution in [2.45, 2.75) is 19.9 Å². The van der Waals surface area contributed by atoms with E-state index in [9.17, 15) is 4.79 Å². The summed E-state index contributed by atoms with van der Waals surface area (Å²) in [5.74, 6) is 1.06. The van der Waals surface area contributed by atoms with Crippen molar-refractivity contribution in [1.82, 2.24) is 25.3 Å². The average molecular weight is 365 g/mol. The molecule has 138 valence electrons. The van der Waals surface area contributed by atoms with Crippen LogP contribution in [0.1, 0.15) is 34.8 Å². The third-order valence-electron chi connectivity index (χ3n) is 4.36. The number of carbonyl (C=O) groups is 1. The molecular formula is C19H19N5O3. The highest BCUT2D eigenvalue weighted by atomic mass is 16.6. The van der Waals surface area contributed by atoms with Gasteiger partial charge in [0.2, 0.25) is 0 Å². The monoisotopic (exact) mass is 365 g/mol. The van der Waals surface area contributed by atoms with Gasteiger partial charge in [0, 0.05) is 12.3 Å². The Bertz CT molecular complexity index is 971. The van der Waals surface area contributed by atoms with E-state index in [1.165, 1.54) is 0 Å². The van der Waals surface area contributed by atoms with Crippen molar-refractivity contribution < 1.29 is 14.3 Å². The Balaban J connectivity index is 1.56. The second-order valence-electron chi connectivity index (χ2n) is 6.21. The van der Waals surface area contributed by atoms with Gasteiger partial charge in [-0.3, -0.25) is 9.78 Å². The molecule has 8 heteroatoms. The number of amides is 1. The highest BCUT2D eigenvalue weighted by molar-refractivity contribution is 5.93. The van der Waals surface area contributed by atoms with E-state index in [0.29, 0.717) is 30.4 Å². The van der Waals surface area contributed by atoms with Gasteiger partial charge in [0.15, 0.2) is 17.2 Å². The molecule has 0 spiro atoms. The molecule has 1 aromatic carbocycles. The molecule has 0 radical (unpaired) electrons. The van der Waals surface area contributed by atoms with Crippen LogP contribution in [0.3, 0.4) is 0 Å². The third-order valence-corrected chi connectivity index (χ3v) is 4.36. The number of fused-ring (bicyclic) bond motifs is 1. The van der Waals surface area contributed by atoms with Crippen molar-refractivity contribution in [3.8, 4) is 17.2 Å². The first-order chi connectivity index (χ1) is 13.1. The number of benzene rings is 1. The summed E-state index contributed by atoms with van der Waals surface area (Å²) in [6.07, 6.45) is 1.70. The van der Waals surface area contributed by atoms with Crippen LogP contribution in [0, 0.1) is 6.92 Å². The highest BCUT2D eigenvalue weighted by Gasteiger charge is 2.21. The van der Waals surface area contributed by atoms with Gasteiger partial charge in [0.05, 0.1) is 23.1 Å². The normalized spacial score (nSPS) is 13.9. The van der Waals surface area contributed by atoms with Crippen LogP contribution in [0.2, 0.25) is 0 Å². The number of pyridine rings is 1. The first kappa shape index (κ1) is 17.0. The van der Waals surface area contributed by atoms with Gasteiger partial charge in [-0.25, -0.2) is 4.68 Å². The molecule has 0 bridgehead atoms. The number of rotatable bonds is 4. The Morgan fingerprint density at radius 2 is 2.00 bits per heavy atom. The molecule has 0 fully saturated rings. The van der Waals surface area contributed by atoms with E-state index in [0.717, 1.165) is 11.4 Å². The molecule has 3 aromatic rings. The molecule has 1 amide bonds. The average Bonchev–Trinajstić information content (AvgIpc) is 3.09. The number of hydrogen-bond acceptors (Lipinski definition) is 6. The summed E-state index contributed by atoms with van der Waals surface area (Å²) in [4.78, 5) is 16.9. The minimum atomic E-state index is -0.297. The van der Waals surface area contributed by atoms with E-state index >= 15 is 0 Å². The summed E-state index contributed by atoms with van der Waals surface area (Å²) < 4.78 is 12.8. The molecule has 3 heterocycles. The second kappa shape index (κ2) is 7.06. The van der Waals surface area contributed by atoms with E-state index in [1.807, 2.05) is 43.3 Å². The summed E-state index contributed by atoms with van der Waals surface area (Å²) in [7, 11) is 0. The number of aromatic nitrogens is 4. The summed E-state index contributed by atoms with van der Waals surface area (Å²) in [6.45, 7) is 4.72. The van der Waals surface area contributed by atoms with Gasteiger partial charge in [0.25, 0.3) is 5.91 Å². The maximum atomic E-state index is 12.6. The highest BCUT2D eigenvalue weighted by Crippen LogP contribution is 2.32. The smallest absolute Gasteiger partial charge is 0.274 e. The Morgan fingerprint density at radius 1 is 1.19 bits per heavy atom. The zero-order valence-electron chi connectivity index (χ0n) is 15.0. The summed E-state index contributed by atoms with van der Waals surface area (Å²) in [6, 6.07) is 10.9. The topological polar surface area (TPSA) is 91.2 Å². The number of nitrogens with one attached hydrogen (secondary N) is 1. The lowest BCUT2D eigenvalue weighted by molar-refractivity contribution is 0.0933. The molecule has 1 aliphatic rings. The maximum absolute atomic E-state index is 12.6. The molecule has 1 N–H and O–H groups in total. The van der Waals surface area contributed by atoms with Crippen molar-refractivity contribution in [2.75, 3.05) is 13.2 Å². The molecule has 1 unspecified atom stereocenters. The predicted octanol–water partition coefficient (Wildman–Crippen LogP) is 2.23. The molecular weight excluding hydrogens is 346 g/mol. The van der Waals surface area contributed by atoms with Gasteiger partial charge in [-0.2, -0.15) is 0 Å². The summed E-state index contributed by atoms with van der Waals surface area (Å²) >= 11 is 0. The fraction of sp³-hybridized carbons (Fsp3) is 0.263. The Labute approximate surface area is 156 Å².